The van der Waals surface area contributed by atoms with Crippen molar-refractivity contribution >= 4 is 35.5 Å². The number of rotatable bonds is 7. The number of thioether (sulfide) groups is 1. The molecule has 0 bridgehead atoms. The van der Waals surface area contributed by atoms with Crippen molar-refractivity contribution in [3.8, 4) is 0 Å². The first kappa shape index (κ1) is 19.0. The Morgan fingerprint density at radius 1 is 1.08 bits per heavy atom. The first-order valence-electron chi connectivity index (χ1n) is 7.93. The van der Waals surface area contributed by atoms with Crippen molar-refractivity contribution in [3.05, 3.63) is 29.8 Å². The number of nitrogens with zero attached hydrogens (tertiary/aromatic N) is 3. The lowest BCUT2D eigenvalue weighted by Crippen LogP contribution is -2.42. The fraction of sp³-hybridized carbons (Fsp3) is 0.412. The van der Waals surface area contributed by atoms with Crippen LogP contribution < -0.4 is 0 Å². The van der Waals surface area contributed by atoms with Gasteiger partial charge >= 0.3 is 17.8 Å². The van der Waals surface area contributed by atoms with Crippen LogP contribution in [0.4, 0.5) is 4.79 Å². The molecule has 0 spiro atoms. The summed E-state index contributed by atoms with van der Waals surface area (Å²) < 4.78 is 0. The molecule has 1 saturated heterocycles. The molecule has 0 aliphatic carbocycles. The van der Waals surface area contributed by atoms with E-state index in [0.29, 0.717) is 17.9 Å². The average molecular weight is 363 g/mol. The number of likely N-dealkylation sites (N-methyl/N-ethyl adjacent to an activating group) is 1. The van der Waals surface area contributed by atoms with Crippen LogP contribution >= 0.6 is 11.8 Å². The number of hydrogen-bond donors (Lipinski definition) is 0. The van der Waals surface area contributed by atoms with Crippen molar-refractivity contribution in [1.29, 1.82) is 0 Å². The van der Waals surface area contributed by atoms with Gasteiger partial charge in [-0.05, 0) is 30.4 Å². The molecule has 25 heavy (non-hydrogen) atoms. The third-order valence-corrected chi connectivity index (χ3v) is 4.62. The lowest BCUT2D eigenvalue weighted by Gasteiger charge is -2.20. The zero-order valence-electron chi connectivity index (χ0n) is 14.5. The standard InChI is InChI=1S/C17H21N3O4S/c1-4-9-19-15(22)16(23)20(17(19)24)11-14(21)18(2)10-12-5-7-13(25-3)8-6-12/h5-8H,4,9-11H2,1-3H3. The molecule has 2 rings (SSSR count). The van der Waals surface area contributed by atoms with Crippen LogP contribution in [0.1, 0.15) is 18.9 Å². The van der Waals surface area contributed by atoms with E-state index in [-0.39, 0.29) is 6.54 Å². The topological polar surface area (TPSA) is 78.0 Å². The van der Waals surface area contributed by atoms with Crippen molar-refractivity contribution in [1.82, 2.24) is 14.7 Å². The molecule has 0 unspecified atom stereocenters. The fourth-order valence-corrected chi connectivity index (χ4v) is 2.87. The number of amides is 5. The quantitative estimate of drug-likeness (QED) is 0.417. The van der Waals surface area contributed by atoms with E-state index >= 15 is 0 Å². The second-order valence-electron chi connectivity index (χ2n) is 5.73. The van der Waals surface area contributed by atoms with Gasteiger partial charge in [-0.15, -0.1) is 11.8 Å². The van der Waals surface area contributed by atoms with E-state index < -0.39 is 30.3 Å². The van der Waals surface area contributed by atoms with Gasteiger partial charge in [0.25, 0.3) is 0 Å². The van der Waals surface area contributed by atoms with Gasteiger partial charge in [-0.2, -0.15) is 0 Å². The van der Waals surface area contributed by atoms with Gasteiger partial charge in [-0.25, -0.2) is 9.69 Å². The Morgan fingerprint density at radius 2 is 1.68 bits per heavy atom. The minimum absolute atomic E-state index is 0.172. The van der Waals surface area contributed by atoms with Gasteiger partial charge in [0.05, 0.1) is 0 Å². The van der Waals surface area contributed by atoms with E-state index in [2.05, 4.69) is 0 Å². The maximum Gasteiger partial charge on any atom is 0.334 e. The summed E-state index contributed by atoms with van der Waals surface area (Å²) in [6, 6.07) is 7.06. The Hall–Kier alpha value is -2.35. The summed E-state index contributed by atoms with van der Waals surface area (Å²) in [6.45, 7) is 1.90. The summed E-state index contributed by atoms with van der Waals surface area (Å²) in [6.07, 6.45) is 2.54. The second kappa shape index (κ2) is 8.15. The average Bonchev–Trinajstić information content (AvgIpc) is 2.80. The first-order chi connectivity index (χ1) is 11.9. The first-order valence-corrected chi connectivity index (χ1v) is 9.15. The summed E-state index contributed by atoms with van der Waals surface area (Å²) in [5.41, 5.74) is 0.941. The van der Waals surface area contributed by atoms with Crippen molar-refractivity contribution in [3.63, 3.8) is 0 Å². The van der Waals surface area contributed by atoms with Gasteiger partial charge in [0.1, 0.15) is 6.54 Å². The fourth-order valence-electron chi connectivity index (χ4n) is 2.46. The highest BCUT2D eigenvalue weighted by Crippen LogP contribution is 2.16. The zero-order chi connectivity index (χ0) is 18.6. The highest BCUT2D eigenvalue weighted by atomic mass is 32.2. The van der Waals surface area contributed by atoms with E-state index in [1.807, 2.05) is 30.5 Å². The SMILES string of the molecule is CCCN1C(=O)C(=O)N(CC(=O)N(C)Cc2ccc(SC)cc2)C1=O. The van der Waals surface area contributed by atoms with E-state index in [9.17, 15) is 19.2 Å². The van der Waals surface area contributed by atoms with Crippen molar-refractivity contribution in [2.75, 3.05) is 26.4 Å². The maximum atomic E-state index is 12.3. The third kappa shape index (κ3) is 4.19. The molecule has 0 aromatic heterocycles. The van der Waals surface area contributed by atoms with Crippen molar-refractivity contribution in [2.24, 2.45) is 0 Å². The lowest BCUT2D eigenvalue weighted by atomic mass is 10.2. The highest BCUT2D eigenvalue weighted by Gasteiger charge is 2.44. The molecule has 1 heterocycles. The van der Waals surface area contributed by atoms with E-state index in [4.69, 9.17) is 0 Å². The van der Waals surface area contributed by atoms with Crippen LogP contribution in [0.5, 0.6) is 0 Å². The second-order valence-corrected chi connectivity index (χ2v) is 6.61. The van der Waals surface area contributed by atoms with Crippen LogP contribution in [-0.4, -0.2) is 64.8 Å². The highest BCUT2D eigenvalue weighted by molar-refractivity contribution is 7.98. The van der Waals surface area contributed by atoms with Crippen LogP contribution in [0.15, 0.2) is 29.2 Å². The number of imide groups is 2. The van der Waals surface area contributed by atoms with E-state index in [1.165, 1.54) is 4.90 Å². The summed E-state index contributed by atoms with van der Waals surface area (Å²) in [4.78, 5) is 52.4. The molecular weight excluding hydrogens is 342 g/mol. The molecule has 1 aliphatic rings. The number of benzene rings is 1. The largest absolute Gasteiger partial charge is 0.340 e. The summed E-state index contributed by atoms with van der Waals surface area (Å²) in [7, 11) is 1.60. The normalized spacial score (nSPS) is 14.4. The zero-order valence-corrected chi connectivity index (χ0v) is 15.3. The van der Waals surface area contributed by atoms with Gasteiger partial charge in [0, 0.05) is 25.0 Å². The van der Waals surface area contributed by atoms with E-state index in [0.717, 1.165) is 15.4 Å². The monoisotopic (exact) mass is 363 g/mol. The van der Waals surface area contributed by atoms with Gasteiger partial charge in [0.15, 0.2) is 0 Å². The molecule has 0 atom stereocenters. The number of hydrogen-bond acceptors (Lipinski definition) is 5. The molecule has 0 saturated carbocycles. The number of carbonyl (C=O) groups is 4. The minimum Gasteiger partial charge on any atom is -0.340 e. The predicted molar refractivity (Wildman–Crippen MR) is 93.8 cm³/mol. The lowest BCUT2D eigenvalue weighted by molar-refractivity contribution is -0.144. The summed E-state index contributed by atoms with van der Waals surface area (Å²) in [5, 5.41) is 0. The molecule has 1 aromatic carbocycles. The van der Waals surface area contributed by atoms with Crippen LogP contribution in [0.2, 0.25) is 0 Å². The van der Waals surface area contributed by atoms with Crippen LogP contribution in [0.25, 0.3) is 0 Å². The van der Waals surface area contributed by atoms with E-state index in [1.54, 1.807) is 25.7 Å². The third-order valence-electron chi connectivity index (χ3n) is 3.88. The summed E-state index contributed by atoms with van der Waals surface area (Å²) >= 11 is 1.63. The van der Waals surface area contributed by atoms with Crippen molar-refractivity contribution in [2.45, 2.75) is 24.8 Å². The molecule has 5 amide bonds. The maximum absolute atomic E-state index is 12.3. The Morgan fingerprint density at radius 3 is 2.24 bits per heavy atom. The molecule has 1 aromatic rings. The smallest absolute Gasteiger partial charge is 0.334 e. The predicted octanol–water partition coefficient (Wildman–Crippen LogP) is 1.57. The molecule has 1 aliphatic heterocycles. The van der Waals surface area contributed by atoms with Crippen molar-refractivity contribution < 1.29 is 19.2 Å². The van der Waals surface area contributed by atoms with Gasteiger partial charge in [-0.1, -0.05) is 19.1 Å². The molecule has 8 heteroatoms. The number of urea groups is 1. The Balaban J connectivity index is 1.99. The molecule has 1 fully saturated rings. The minimum atomic E-state index is -0.940. The molecular formula is C17H21N3O4S. The Bertz CT molecular complexity index is 690. The molecule has 0 N–H and O–H groups in total. The molecule has 134 valence electrons. The van der Waals surface area contributed by atoms with Gasteiger partial charge in [-0.3, -0.25) is 19.3 Å². The van der Waals surface area contributed by atoms with Gasteiger partial charge < -0.3 is 4.90 Å². The molecule has 0 radical (unpaired) electrons. The van der Waals surface area contributed by atoms with Crippen LogP contribution in [-0.2, 0) is 20.9 Å². The Labute approximate surface area is 150 Å². The van der Waals surface area contributed by atoms with Gasteiger partial charge in [0.2, 0.25) is 5.91 Å². The Kier molecular flexibility index (Phi) is 6.19. The van der Waals surface area contributed by atoms with Crippen LogP contribution in [0.3, 0.4) is 0 Å². The van der Waals surface area contributed by atoms with Crippen LogP contribution in [0, 0.1) is 0 Å². The number of carbonyl (C=O) groups excluding carboxylic acids is 4. The molecule has 7 nitrogen and oxygen atoms in total. The summed E-state index contributed by atoms with van der Waals surface area (Å²) in [5.74, 6) is -2.21.